The number of hydrogen-bond donors (Lipinski definition) is 0. The van der Waals surface area contributed by atoms with Crippen LogP contribution in [0.15, 0.2) is 48.5 Å². The van der Waals surface area contributed by atoms with E-state index >= 15 is 0 Å². The molecule has 10 heteroatoms. The molecule has 1 aliphatic heterocycles. The van der Waals surface area contributed by atoms with Crippen LogP contribution < -0.4 is 0 Å². The Morgan fingerprint density at radius 2 is 1.54 bits per heavy atom. The minimum Gasteiger partial charge on any atom is -0.373 e. The first-order valence-electron chi connectivity index (χ1n) is 13.0. The highest BCUT2D eigenvalue weighted by Gasteiger charge is 2.49. The van der Waals surface area contributed by atoms with Crippen molar-refractivity contribution < 1.29 is 35.9 Å². The van der Waals surface area contributed by atoms with E-state index in [0.29, 0.717) is 50.8 Å². The minimum absolute atomic E-state index is 0.0330. The number of rotatable bonds is 6. The van der Waals surface area contributed by atoms with Gasteiger partial charge in [-0.15, -0.1) is 0 Å². The van der Waals surface area contributed by atoms with Gasteiger partial charge in [0.25, 0.3) is 0 Å². The highest BCUT2D eigenvalue weighted by molar-refractivity contribution is 5.78. The molecule has 2 fully saturated rings. The zero-order valence-electron chi connectivity index (χ0n) is 21.5. The van der Waals surface area contributed by atoms with Gasteiger partial charge in [-0.2, -0.15) is 31.6 Å². The van der Waals surface area contributed by atoms with Crippen LogP contribution in [0.2, 0.25) is 0 Å². The van der Waals surface area contributed by atoms with Gasteiger partial charge >= 0.3 is 12.4 Å². The van der Waals surface area contributed by atoms with Crippen molar-refractivity contribution in [3.8, 4) is 6.07 Å². The van der Waals surface area contributed by atoms with Crippen molar-refractivity contribution in [2.75, 3.05) is 13.2 Å². The smallest absolute Gasteiger partial charge is 0.373 e. The van der Waals surface area contributed by atoms with Crippen molar-refractivity contribution in [3.63, 3.8) is 0 Å². The van der Waals surface area contributed by atoms with Crippen molar-refractivity contribution in [1.82, 2.24) is 4.90 Å². The van der Waals surface area contributed by atoms with Crippen LogP contribution in [-0.2, 0) is 27.3 Å². The number of piperidine rings is 1. The predicted octanol–water partition coefficient (Wildman–Crippen LogP) is 7.59. The Hall–Kier alpha value is -3.06. The van der Waals surface area contributed by atoms with Gasteiger partial charge in [0.1, 0.15) is 5.54 Å². The number of halogens is 6. The minimum atomic E-state index is -4.95. The van der Waals surface area contributed by atoms with E-state index in [1.54, 1.807) is 4.90 Å². The fourth-order valence-electron chi connectivity index (χ4n) is 5.75. The highest BCUT2D eigenvalue weighted by Crippen LogP contribution is 2.47. The number of hydrogen-bond acceptors (Lipinski definition) is 3. The fraction of sp³-hybridized carbons (Fsp3) is 0.517. The van der Waals surface area contributed by atoms with E-state index in [9.17, 15) is 36.4 Å². The first-order chi connectivity index (χ1) is 18.3. The van der Waals surface area contributed by atoms with Crippen LogP contribution in [0.25, 0.3) is 0 Å². The third-order valence-electron chi connectivity index (χ3n) is 8.16. The third-order valence-corrected chi connectivity index (χ3v) is 8.16. The SMILES string of the molecule is C[C@@H](OC[C@]1(c2ccccc2)CC[C@@](C#N)(N2CCCCC2=O)CC1)c1cc(C(F)(F)F)cc(C(F)(F)F)c1. The van der Waals surface area contributed by atoms with E-state index in [-0.39, 0.29) is 24.1 Å². The van der Waals surface area contributed by atoms with Gasteiger partial charge < -0.3 is 9.64 Å². The summed E-state index contributed by atoms with van der Waals surface area (Å²) in [4.78, 5) is 14.3. The lowest BCUT2D eigenvalue weighted by Crippen LogP contribution is -2.56. The zero-order chi connectivity index (χ0) is 28.5. The topological polar surface area (TPSA) is 53.3 Å². The molecular formula is C29H30F6N2O2. The molecule has 0 unspecified atom stereocenters. The van der Waals surface area contributed by atoms with Crippen molar-refractivity contribution >= 4 is 5.91 Å². The molecule has 1 atom stereocenters. The summed E-state index contributed by atoms with van der Waals surface area (Å²) < 4.78 is 86.3. The molecule has 1 aliphatic carbocycles. The van der Waals surface area contributed by atoms with Gasteiger partial charge in [-0.3, -0.25) is 4.79 Å². The molecule has 2 aromatic carbocycles. The van der Waals surface area contributed by atoms with Gasteiger partial charge in [0.2, 0.25) is 5.91 Å². The second kappa shape index (κ2) is 10.8. The third kappa shape index (κ3) is 6.08. The summed E-state index contributed by atoms with van der Waals surface area (Å²) in [5.41, 5.74) is -3.64. The lowest BCUT2D eigenvalue weighted by molar-refractivity contribution is -0.143. The summed E-state index contributed by atoms with van der Waals surface area (Å²) in [6, 6.07) is 13.2. The molecule has 210 valence electrons. The van der Waals surface area contributed by atoms with Gasteiger partial charge in [-0.05, 0) is 74.8 Å². The standard InChI is InChI=1S/C29H30F6N2O2/c1-20(21-15-23(28(30,31)32)17-24(16-21)29(33,34)35)39-19-26(22-7-3-2-4-8-22)10-12-27(18-36,13-11-26)37-14-6-5-9-25(37)38/h2-4,7-8,15-17,20H,5-6,9-14,19H2,1H3/t20-,26-,27+/m1/s1. The van der Waals surface area contributed by atoms with Crippen molar-refractivity contribution in [2.24, 2.45) is 0 Å². The Bertz CT molecular complexity index is 1180. The molecule has 1 saturated carbocycles. The summed E-state index contributed by atoms with van der Waals surface area (Å²) in [6.07, 6.45) is -7.19. The number of ether oxygens (including phenoxy) is 1. The van der Waals surface area contributed by atoms with Crippen LogP contribution in [0, 0.1) is 11.3 Å². The number of nitriles is 1. The van der Waals surface area contributed by atoms with E-state index in [2.05, 4.69) is 6.07 Å². The number of amides is 1. The molecule has 0 radical (unpaired) electrons. The van der Waals surface area contributed by atoms with Crippen molar-refractivity contribution in [2.45, 2.75) is 81.3 Å². The predicted molar refractivity (Wildman–Crippen MR) is 131 cm³/mol. The number of benzene rings is 2. The second-order valence-electron chi connectivity index (χ2n) is 10.6. The van der Waals surface area contributed by atoms with Gasteiger partial charge in [0.05, 0.1) is 29.9 Å². The quantitative estimate of drug-likeness (QED) is 0.347. The Kier molecular flexibility index (Phi) is 8.04. The maximum absolute atomic E-state index is 13.4. The Balaban J connectivity index is 1.60. The first kappa shape index (κ1) is 28.9. The normalized spacial score (nSPS) is 25.3. The van der Waals surface area contributed by atoms with Gasteiger partial charge in [-0.1, -0.05) is 30.3 Å². The van der Waals surface area contributed by atoms with E-state index in [0.717, 1.165) is 18.4 Å². The fourth-order valence-corrected chi connectivity index (χ4v) is 5.75. The molecule has 4 nitrogen and oxygen atoms in total. The van der Waals surface area contributed by atoms with Crippen LogP contribution >= 0.6 is 0 Å². The first-order valence-corrected chi connectivity index (χ1v) is 13.0. The molecule has 2 aromatic rings. The van der Waals surface area contributed by atoms with Crippen LogP contribution in [0.1, 0.15) is 80.2 Å². The van der Waals surface area contributed by atoms with Crippen LogP contribution in [0.3, 0.4) is 0 Å². The monoisotopic (exact) mass is 552 g/mol. The number of likely N-dealkylation sites (tertiary alicyclic amines) is 1. The number of carbonyl (C=O) groups is 1. The maximum atomic E-state index is 13.4. The Morgan fingerprint density at radius 3 is 2.05 bits per heavy atom. The van der Waals surface area contributed by atoms with E-state index in [4.69, 9.17) is 4.74 Å². The largest absolute Gasteiger partial charge is 0.416 e. The van der Waals surface area contributed by atoms with Crippen LogP contribution in [0.4, 0.5) is 26.3 Å². The number of carbonyl (C=O) groups excluding carboxylic acids is 1. The molecule has 0 bridgehead atoms. The van der Waals surface area contributed by atoms with Crippen molar-refractivity contribution in [3.05, 3.63) is 70.8 Å². The van der Waals surface area contributed by atoms with Crippen molar-refractivity contribution in [1.29, 1.82) is 5.26 Å². The molecule has 1 heterocycles. The lowest BCUT2D eigenvalue weighted by atomic mass is 9.64. The average molecular weight is 553 g/mol. The van der Waals surface area contributed by atoms with Crippen LogP contribution in [0.5, 0.6) is 0 Å². The highest BCUT2D eigenvalue weighted by atomic mass is 19.4. The molecule has 39 heavy (non-hydrogen) atoms. The summed E-state index contributed by atoms with van der Waals surface area (Å²) in [5.74, 6) is -0.0371. The molecule has 4 rings (SSSR count). The Morgan fingerprint density at radius 1 is 0.949 bits per heavy atom. The second-order valence-corrected chi connectivity index (χ2v) is 10.6. The number of nitrogens with zero attached hydrogens (tertiary/aromatic N) is 2. The molecular weight excluding hydrogens is 522 g/mol. The van der Waals surface area contributed by atoms with Crippen LogP contribution in [-0.4, -0.2) is 29.5 Å². The zero-order valence-corrected chi connectivity index (χ0v) is 21.5. The van der Waals surface area contributed by atoms with Gasteiger partial charge in [0.15, 0.2) is 0 Å². The molecule has 1 amide bonds. The van der Waals surface area contributed by atoms with E-state index in [1.165, 1.54) is 6.92 Å². The number of alkyl halides is 6. The van der Waals surface area contributed by atoms with Gasteiger partial charge in [-0.25, -0.2) is 0 Å². The van der Waals surface area contributed by atoms with Gasteiger partial charge in [0, 0.05) is 18.4 Å². The molecule has 0 spiro atoms. The molecule has 0 aromatic heterocycles. The molecule has 2 aliphatic rings. The lowest BCUT2D eigenvalue weighted by Gasteiger charge is -2.49. The Labute approximate surface area is 223 Å². The van der Waals surface area contributed by atoms with E-state index < -0.39 is 40.5 Å². The summed E-state index contributed by atoms with van der Waals surface area (Å²) in [6.45, 7) is 1.99. The summed E-state index contributed by atoms with van der Waals surface area (Å²) in [5, 5.41) is 10.1. The maximum Gasteiger partial charge on any atom is 0.416 e. The average Bonchev–Trinajstić information content (AvgIpc) is 2.91. The summed E-state index contributed by atoms with van der Waals surface area (Å²) >= 11 is 0. The van der Waals surface area contributed by atoms with E-state index in [1.807, 2.05) is 30.3 Å². The summed E-state index contributed by atoms with van der Waals surface area (Å²) in [7, 11) is 0. The molecule has 1 saturated heterocycles. The molecule has 0 N–H and O–H groups in total.